The molecule has 0 bridgehead atoms. The van der Waals surface area contributed by atoms with Gasteiger partial charge in [-0.15, -0.1) is 0 Å². The van der Waals surface area contributed by atoms with E-state index in [4.69, 9.17) is 14.2 Å². The largest absolute Gasteiger partial charge is 0.493 e. The molecule has 0 spiro atoms. The molecule has 0 radical (unpaired) electrons. The molecule has 0 aromatic heterocycles. The minimum absolute atomic E-state index is 0.0775. The van der Waals surface area contributed by atoms with Crippen LogP contribution in [0.1, 0.15) is 107 Å². The Balaban J connectivity index is 2.20. The number of ketones is 1. The second-order valence-corrected chi connectivity index (χ2v) is 9.28. The van der Waals surface area contributed by atoms with Crippen LogP contribution < -0.4 is 14.2 Å². The summed E-state index contributed by atoms with van der Waals surface area (Å²) in [7, 11) is 0. The molecule has 0 heterocycles. The Bertz CT molecular complexity index is 901. The van der Waals surface area contributed by atoms with Crippen LogP contribution >= 0.6 is 0 Å². The lowest BCUT2D eigenvalue weighted by molar-refractivity contribution is 0.104. The van der Waals surface area contributed by atoms with Gasteiger partial charge in [-0.1, -0.05) is 72.3 Å². The predicted octanol–water partition coefficient (Wildman–Crippen LogP) is 8.85. The average Bonchev–Trinajstić information content (AvgIpc) is 2.90. The topological polar surface area (TPSA) is 44.8 Å². The summed E-state index contributed by atoms with van der Waals surface area (Å²) in [5.74, 6) is 2.11. The maximum Gasteiger partial charge on any atom is 0.186 e. The van der Waals surface area contributed by atoms with Gasteiger partial charge in [-0.05, 0) is 67.7 Å². The Kier molecular flexibility index (Phi) is 14.4. The van der Waals surface area contributed by atoms with Crippen LogP contribution in [0.3, 0.4) is 0 Å². The molecular weight excluding hydrogens is 448 g/mol. The maximum absolute atomic E-state index is 13.2. The Labute approximate surface area is 219 Å². The van der Waals surface area contributed by atoms with Crippen molar-refractivity contribution in [3.8, 4) is 17.2 Å². The van der Waals surface area contributed by atoms with Gasteiger partial charge in [-0.3, -0.25) is 4.79 Å². The van der Waals surface area contributed by atoms with E-state index in [1.54, 1.807) is 6.08 Å². The van der Waals surface area contributed by atoms with Crippen LogP contribution in [0.15, 0.2) is 42.5 Å². The van der Waals surface area contributed by atoms with Crippen LogP contribution in [0.5, 0.6) is 17.2 Å². The minimum atomic E-state index is -0.0775. The second-order valence-electron chi connectivity index (χ2n) is 9.28. The van der Waals surface area contributed by atoms with Crippen molar-refractivity contribution in [3.05, 3.63) is 59.2 Å². The summed E-state index contributed by atoms with van der Waals surface area (Å²) in [6.07, 6.45) is 14.3. The fourth-order valence-electron chi connectivity index (χ4n) is 3.84. The van der Waals surface area contributed by atoms with Crippen LogP contribution in [-0.4, -0.2) is 25.6 Å². The fourth-order valence-corrected chi connectivity index (χ4v) is 3.84. The third-order valence-corrected chi connectivity index (χ3v) is 6.10. The van der Waals surface area contributed by atoms with Gasteiger partial charge in [0.25, 0.3) is 0 Å². The van der Waals surface area contributed by atoms with Crippen molar-refractivity contribution < 1.29 is 19.0 Å². The van der Waals surface area contributed by atoms with Crippen molar-refractivity contribution in [2.75, 3.05) is 19.8 Å². The molecule has 0 atom stereocenters. The molecule has 0 aliphatic carbocycles. The van der Waals surface area contributed by atoms with Gasteiger partial charge in [-0.2, -0.15) is 0 Å². The molecule has 4 heteroatoms. The SMILES string of the molecule is CCCCCOc1cc(OCCCCC)cc(C(=O)/C=C/c2cc(CC)ccc2OCCCCC)c1. The minimum Gasteiger partial charge on any atom is -0.493 e. The van der Waals surface area contributed by atoms with E-state index in [-0.39, 0.29) is 5.78 Å². The normalized spacial score (nSPS) is 11.1. The molecule has 2 aromatic rings. The van der Waals surface area contributed by atoms with Crippen molar-refractivity contribution in [2.24, 2.45) is 0 Å². The number of aryl methyl sites for hydroxylation is 1. The monoisotopic (exact) mass is 494 g/mol. The van der Waals surface area contributed by atoms with Crippen molar-refractivity contribution in [1.82, 2.24) is 0 Å². The van der Waals surface area contributed by atoms with Gasteiger partial charge in [-0.25, -0.2) is 0 Å². The maximum atomic E-state index is 13.2. The molecule has 198 valence electrons. The molecule has 4 nitrogen and oxygen atoms in total. The van der Waals surface area contributed by atoms with E-state index < -0.39 is 0 Å². The third kappa shape index (κ3) is 10.9. The first-order chi connectivity index (χ1) is 17.6. The van der Waals surface area contributed by atoms with Gasteiger partial charge < -0.3 is 14.2 Å². The zero-order valence-electron chi connectivity index (χ0n) is 22.9. The first-order valence-electron chi connectivity index (χ1n) is 14.0. The Morgan fingerprint density at radius 2 is 1.25 bits per heavy atom. The molecule has 36 heavy (non-hydrogen) atoms. The molecule has 0 aliphatic heterocycles. The van der Waals surface area contributed by atoms with E-state index in [2.05, 4.69) is 39.8 Å². The number of benzene rings is 2. The number of unbranched alkanes of at least 4 members (excludes halogenated alkanes) is 6. The van der Waals surface area contributed by atoms with E-state index in [1.807, 2.05) is 30.3 Å². The summed E-state index contributed by atoms with van der Waals surface area (Å²) < 4.78 is 18.0. The van der Waals surface area contributed by atoms with Gasteiger partial charge >= 0.3 is 0 Å². The summed E-state index contributed by atoms with van der Waals surface area (Å²) in [6, 6.07) is 11.8. The number of hydrogen-bond acceptors (Lipinski definition) is 4. The molecule has 2 aromatic carbocycles. The van der Waals surface area contributed by atoms with Gasteiger partial charge in [0.1, 0.15) is 17.2 Å². The molecule has 0 saturated heterocycles. The average molecular weight is 495 g/mol. The lowest BCUT2D eigenvalue weighted by Crippen LogP contribution is -2.03. The molecular formula is C32H46O4. The molecule has 0 saturated carbocycles. The number of allylic oxidation sites excluding steroid dienone is 1. The van der Waals surface area contributed by atoms with Crippen molar-refractivity contribution in [1.29, 1.82) is 0 Å². The highest BCUT2D eigenvalue weighted by Crippen LogP contribution is 2.26. The molecule has 0 fully saturated rings. The van der Waals surface area contributed by atoms with Crippen molar-refractivity contribution in [2.45, 2.75) is 91.9 Å². The van der Waals surface area contributed by atoms with Gasteiger partial charge in [0.15, 0.2) is 5.78 Å². The molecule has 0 unspecified atom stereocenters. The van der Waals surface area contributed by atoms with Gasteiger partial charge in [0, 0.05) is 17.2 Å². The highest BCUT2D eigenvalue weighted by Gasteiger charge is 2.10. The van der Waals surface area contributed by atoms with Crippen LogP contribution in [0.4, 0.5) is 0 Å². The van der Waals surface area contributed by atoms with E-state index in [9.17, 15) is 4.79 Å². The molecule has 0 aliphatic rings. The molecule has 0 N–H and O–H groups in total. The summed E-state index contributed by atoms with van der Waals surface area (Å²) >= 11 is 0. The summed E-state index contributed by atoms with van der Waals surface area (Å²) in [6.45, 7) is 10.6. The number of ether oxygens (including phenoxy) is 3. The van der Waals surface area contributed by atoms with Gasteiger partial charge in [0.2, 0.25) is 0 Å². The van der Waals surface area contributed by atoms with E-state index in [1.165, 1.54) is 5.56 Å². The van der Waals surface area contributed by atoms with Crippen LogP contribution in [0, 0.1) is 0 Å². The van der Waals surface area contributed by atoms with Crippen molar-refractivity contribution in [3.63, 3.8) is 0 Å². The summed E-state index contributed by atoms with van der Waals surface area (Å²) in [4.78, 5) is 13.2. The number of rotatable bonds is 19. The van der Waals surface area contributed by atoms with E-state index in [0.29, 0.717) is 36.9 Å². The van der Waals surface area contributed by atoms with Crippen LogP contribution in [-0.2, 0) is 6.42 Å². The number of hydrogen-bond donors (Lipinski definition) is 0. The second kappa shape index (κ2) is 17.6. The lowest BCUT2D eigenvalue weighted by Gasteiger charge is -2.12. The highest BCUT2D eigenvalue weighted by molar-refractivity contribution is 6.07. The lowest BCUT2D eigenvalue weighted by atomic mass is 10.0. The zero-order valence-corrected chi connectivity index (χ0v) is 22.9. The third-order valence-electron chi connectivity index (χ3n) is 6.10. The quantitative estimate of drug-likeness (QED) is 0.111. The smallest absolute Gasteiger partial charge is 0.186 e. The summed E-state index contributed by atoms with van der Waals surface area (Å²) in [5, 5.41) is 0. The number of carbonyl (C=O) groups is 1. The number of carbonyl (C=O) groups excluding carboxylic acids is 1. The van der Waals surface area contributed by atoms with Crippen molar-refractivity contribution >= 4 is 11.9 Å². The van der Waals surface area contributed by atoms with Crippen LogP contribution in [0.2, 0.25) is 0 Å². The Hall–Kier alpha value is -2.75. The zero-order chi connectivity index (χ0) is 26.0. The summed E-state index contributed by atoms with van der Waals surface area (Å²) in [5.41, 5.74) is 2.72. The Morgan fingerprint density at radius 1 is 0.694 bits per heavy atom. The van der Waals surface area contributed by atoms with Crippen LogP contribution in [0.25, 0.3) is 6.08 Å². The molecule has 0 amide bonds. The predicted molar refractivity (Wildman–Crippen MR) is 151 cm³/mol. The molecule has 2 rings (SSSR count). The standard InChI is InChI=1S/C32H46O4/c1-5-9-12-19-34-29-23-28(24-30(25-29)35-20-13-10-6-2)31(33)17-16-27-22-26(8-4)15-18-32(27)36-21-14-11-7-3/h15-18,22-25H,5-14,19-21H2,1-4H3/b17-16+. The highest BCUT2D eigenvalue weighted by atomic mass is 16.5. The van der Waals surface area contributed by atoms with Gasteiger partial charge in [0.05, 0.1) is 19.8 Å². The fraction of sp³-hybridized carbons (Fsp3) is 0.531. The Morgan fingerprint density at radius 3 is 1.78 bits per heavy atom. The van der Waals surface area contributed by atoms with E-state index >= 15 is 0 Å². The first kappa shape index (κ1) is 29.5. The van der Waals surface area contributed by atoms with E-state index in [0.717, 1.165) is 75.5 Å². The first-order valence-corrected chi connectivity index (χ1v) is 14.0.